The van der Waals surface area contributed by atoms with Crippen molar-refractivity contribution in [3.8, 4) is 28.8 Å². The molecule has 5 fully saturated rings. The first-order valence-electron chi connectivity index (χ1n) is 25.8. The highest BCUT2D eigenvalue weighted by Crippen LogP contribution is 2.55. The van der Waals surface area contributed by atoms with Crippen LogP contribution in [0.2, 0.25) is 0 Å². The Morgan fingerprint density at radius 2 is 1.60 bits per heavy atom. The van der Waals surface area contributed by atoms with Crippen LogP contribution >= 0.6 is 0 Å². The Balaban J connectivity index is 0.708. The van der Waals surface area contributed by atoms with Crippen LogP contribution in [0.5, 0.6) is 5.75 Å². The quantitative estimate of drug-likeness (QED) is 0.116. The number of hydrogen-bond acceptors (Lipinski definition) is 13. The molecule has 0 radical (unpaired) electrons. The van der Waals surface area contributed by atoms with Crippen molar-refractivity contribution in [2.45, 2.75) is 116 Å². The normalized spacial score (nSPS) is 24.2. The number of carbonyl (C=O) groups is 3. The van der Waals surface area contributed by atoms with Crippen LogP contribution in [0.3, 0.4) is 0 Å². The molecular weight excluding hydrogens is 914 g/mol. The number of hydrogen-bond donors (Lipinski definition) is 5. The number of β-amino-alcohol motifs (C(OH)–C–C–N with tert-alkyl or cyclic N) is 1. The van der Waals surface area contributed by atoms with Crippen LogP contribution in [-0.4, -0.2) is 142 Å². The fourth-order valence-corrected chi connectivity index (χ4v) is 11.7. The van der Waals surface area contributed by atoms with Crippen LogP contribution in [0, 0.1) is 41.3 Å². The van der Waals surface area contributed by atoms with E-state index in [2.05, 4.69) is 52.7 Å². The van der Waals surface area contributed by atoms with Crippen molar-refractivity contribution in [1.82, 2.24) is 40.6 Å². The van der Waals surface area contributed by atoms with Gasteiger partial charge in [0.2, 0.25) is 23.7 Å². The lowest BCUT2D eigenvalue weighted by atomic mass is 9.56. The number of para-hydroxylation sites is 1. The number of aryl methyl sites for hydroxylation is 1. The van der Waals surface area contributed by atoms with E-state index in [1.54, 1.807) is 25.1 Å². The van der Waals surface area contributed by atoms with Crippen LogP contribution in [0.4, 0.5) is 21.8 Å². The second kappa shape index (κ2) is 21.4. The number of carbonyl (C=O) groups excluding carboxylic acids is 3. The molecule has 2 aromatic heterocycles. The Hall–Kier alpha value is -6.38. The van der Waals surface area contributed by atoms with E-state index in [4.69, 9.17) is 9.97 Å². The Labute approximate surface area is 422 Å². The minimum Gasteiger partial charge on any atom is -0.507 e. The van der Waals surface area contributed by atoms with E-state index in [1.165, 1.54) is 22.6 Å². The van der Waals surface area contributed by atoms with E-state index >= 15 is 0 Å². The number of aromatic hydroxyl groups is 1. The molecule has 3 saturated heterocycles. The number of nitrogens with one attached hydrogen (secondary N) is 3. The number of halogens is 1. The van der Waals surface area contributed by atoms with Crippen LogP contribution in [0.15, 0.2) is 60.9 Å². The van der Waals surface area contributed by atoms with Crippen LogP contribution in [-0.2, 0) is 14.4 Å². The van der Waals surface area contributed by atoms with Gasteiger partial charge in [-0.15, -0.1) is 10.2 Å². The van der Waals surface area contributed by atoms with Crippen molar-refractivity contribution >= 4 is 35.2 Å². The molecule has 5 heterocycles. The highest BCUT2D eigenvalue weighted by molar-refractivity contribution is 5.93. The Bertz CT molecular complexity index is 2650. The summed E-state index contributed by atoms with van der Waals surface area (Å²) >= 11 is 0. The van der Waals surface area contributed by atoms with E-state index in [0.29, 0.717) is 40.2 Å². The summed E-state index contributed by atoms with van der Waals surface area (Å²) in [5.74, 6) is 6.46. The molecule has 2 saturated carbocycles. The molecule has 72 heavy (non-hydrogen) atoms. The van der Waals surface area contributed by atoms with Gasteiger partial charge in [-0.2, -0.15) is 0 Å². The van der Waals surface area contributed by atoms with E-state index in [9.17, 15) is 29.0 Å². The molecule has 2 aliphatic carbocycles. The highest BCUT2D eigenvalue weighted by Gasteiger charge is 2.50. The lowest BCUT2D eigenvalue weighted by Crippen LogP contribution is -2.59. The first kappa shape index (κ1) is 50.6. The van der Waals surface area contributed by atoms with E-state index in [0.717, 1.165) is 102 Å². The van der Waals surface area contributed by atoms with Crippen molar-refractivity contribution < 1.29 is 29.0 Å². The maximum Gasteiger partial charge on any atom is 0.246 e. The fourth-order valence-electron chi connectivity index (χ4n) is 11.7. The largest absolute Gasteiger partial charge is 0.507 e. The number of nitrogens with zero attached hydrogens (tertiary/aromatic N) is 8. The number of aliphatic hydroxyl groups is 1. The summed E-state index contributed by atoms with van der Waals surface area (Å²) < 4.78 is 13.5. The van der Waals surface area contributed by atoms with Gasteiger partial charge in [-0.05, 0) is 136 Å². The smallest absolute Gasteiger partial charge is 0.246 e. The van der Waals surface area contributed by atoms with Crippen molar-refractivity contribution in [2.75, 3.05) is 74.5 Å². The first-order valence-corrected chi connectivity index (χ1v) is 25.8. The third kappa shape index (κ3) is 11.1. The van der Waals surface area contributed by atoms with Gasteiger partial charge in [0.15, 0.2) is 5.82 Å². The van der Waals surface area contributed by atoms with E-state index < -0.39 is 29.5 Å². The SMILES string of the molecule is CNc1nnc(-c2ccccc2O)cc1N1CCN(c2ncc(C3CCN([C@H]4CC5(CC[C@H](C(=O)N[C@H](C(=O)N6C[C@H](O)C[C@H]6C(=O)NCC#Cc6ccc(F)cc6C)C(C)(C)C)CC5)C4)CC3)cn2)CC1. The number of benzene rings is 2. The predicted octanol–water partition coefficient (Wildman–Crippen LogP) is 5.63. The summed E-state index contributed by atoms with van der Waals surface area (Å²) in [7, 11) is 1.84. The number of rotatable bonds is 11. The summed E-state index contributed by atoms with van der Waals surface area (Å²) in [5.41, 5.74) is 4.39. The molecule has 9 rings (SSSR count). The minimum absolute atomic E-state index is 0.00286. The van der Waals surface area contributed by atoms with Gasteiger partial charge >= 0.3 is 0 Å². The third-order valence-electron chi connectivity index (χ3n) is 16.1. The predicted molar refractivity (Wildman–Crippen MR) is 275 cm³/mol. The molecule has 2 aromatic carbocycles. The molecule has 0 unspecified atom stereocenters. The lowest BCUT2D eigenvalue weighted by molar-refractivity contribution is -0.145. The van der Waals surface area contributed by atoms with Crippen molar-refractivity contribution in [2.24, 2.45) is 16.7 Å². The van der Waals surface area contributed by atoms with Crippen molar-refractivity contribution in [1.29, 1.82) is 0 Å². The number of aliphatic hydroxyl groups excluding tert-OH is 1. The number of anilines is 3. The molecule has 3 aliphatic heterocycles. The standard InChI is InChI=1S/C55H70FN11O5/c1-35-27-40(56)13-12-36(35)9-8-20-58-51(71)46-28-42(68)34-67(46)52(72)48(54(2,3)4)61-50(70)38-14-18-55(19-15-38)30-41(31-55)64-21-16-37(17-22-64)39-32-59-53(60-33-39)66-25-23-65(24-26-66)45-29-44(62-63-49(45)57-5)43-10-6-7-11-47(43)69/h6-7,10-13,27,29,32-33,37-38,41-42,46,48,68-69H,14-26,28,30-31,34H2,1-5H3,(H,57,63)(H,58,71)(H,61,70)/t38-,41-,42-,46+,48-,55?/m1/s1. The number of phenols is 1. The maximum absolute atomic E-state index is 14.2. The van der Waals surface area contributed by atoms with Gasteiger partial charge in [0.25, 0.3) is 0 Å². The zero-order chi connectivity index (χ0) is 50.7. The number of piperazine rings is 1. The summed E-state index contributed by atoms with van der Waals surface area (Å²) in [6.45, 7) is 12.7. The van der Waals surface area contributed by atoms with Gasteiger partial charge in [0, 0.05) is 81.7 Å². The molecular formula is C55H70FN11O5. The second-order valence-corrected chi connectivity index (χ2v) is 21.9. The fraction of sp³-hybridized carbons (Fsp3) is 0.545. The first-order chi connectivity index (χ1) is 34.6. The number of piperidine rings is 1. The Kier molecular flexibility index (Phi) is 15.0. The zero-order valence-electron chi connectivity index (χ0n) is 42.3. The molecule has 5 N–H and O–H groups in total. The highest BCUT2D eigenvalue weighted by atomic mass is 19.1. The minimum atomic E-state index is -0.894. The summed E-state index contributed by atoms with van der Waals surface area (Å²) in [5, 5.41) is 38.9. The average Bonchev–Trinajstić information content (AvgIpc) is 3.78. The van der Waals surface area contributed by atoms with Crippen LogP contribution in [0.25, 0.3) is 11.3 Å². The van der Waals surface area contributed by atoms with Gasteiger partial charge in [-0.25, -0.2) is 14.4 Å². The Morgan fingerprint density at radius 3 is 2.26 bits per heavy atom. The van der Waals surface area contributed by atoms with Crippen LogP contribution < -0.4 is 25.8 Å². The zero-order valence-corrected chi connectivity index (χ0v) is 42.3. The van der Waals surface area contributed by atoms with Gasteiger partial charge in [-0.3, -0.25) is 14.4 Å². The maximum atomic E-state index is 14.2. The molecule has 3 amide bonds. The molecule has 5 aliphatic rings. The van der Waals surface area contributed by atoms with Crippen molar-refractivity contribution in [3.05, 3.63) is 83.4 Å². The molecule has 3 atom stereocenters. The lowest BCUT2D eigenvalue weighted by Gasteiger charge is -2.55. The van der Waals surface area contributed by atoms with Crippen molar-refractivity contribution in [3.63, 3.8) is 0 Å². The van der Waals surface area contributed by atoms with E-state index in [1.807, 2.05) is 58.4 Å². The topological polar surface area (TPSA) is 192 Å². The number of amides is 3. The number of likely N-dealkylation sites (tertiary alicyclic amines) is 2. The Morgan fingerprint density at radius 1 is 0.903 bits per heavy atom. The number of aromatic nitrogens is 4. The monoisotopic (exact) mass is 984 g/mol. The van der Waals surface area contributed by atoms with Gasteiger partial charge in [-0.1, -0.05) is 44.7 Å². The van der Waals surface area contributed by atoms with Gasteiger partial charge in [0.05, 0.1) is 24.0 Å². The van der Waals surface area contributed by atoms with Crippen LogP contribution in [0.1, 0.15) is 101 Å². The second-order valence-electron chi connectivity index (χ2n) is 21.9. The molecule has 0 bridgehead atoms. The third-order valence-corrected chi connectivity index (χ3v) is 16.1. The molecule has 17 heteroatoms. The van der Waals surface area contributed by atoms with E-state index in [-0.39, 0.29) is 54.2 Å². The van der Waals surface area contributed by atoms with Gasteiger partial charge < -0.3 is 45.8 Å². The summed E-state index contributed by atoms with van der Waals surface area (Å²) in [6.07, 6.45) is 11.3. The molecule has 4 aromatic rings. The molecule has 16 nitrogen and oxygen atoms in total. The summed E-state index contributed by atoms with van der Waals surface area (Å²) in [6, 6.07) is 12.3. The summed E-state index contributed by atoms with van der Waals surface area (Å²) in [4.78, 5) is 59.8. The van der Waals surface area contributed by atoms with Gasteiger partial charge in [0.1, 0.15) is 23.7 Å². The average molecular weight is 984 g/mol. The molecule has 1 spiro atoms. The molecule has 382 valence electrons. The number of phenolic OH excluding ortho intramolecular Hbond substituents is 1.